The van der Waals surface area contributed by atoms with Gasteiger partial charge in [-0.25, -0.2) is 0 Å². The van der Waals surface area contributed by atoms with Crippen LogP contribution in [0.2, 0.25) is 0 Å². The number of aromatic nitrogens is 1. The van der Waals surface area contributed by atoms with E-state index in [2.05, 4.69) is 26.2 Å². The van der Waals surface area contributed by atoms with Crippen LogP contribution in [0.5, 0.6) is 0 Å². The third-order valence-corrected chi connectivity index (χ3v) is 3.60. The molecule has 16 heavy (non-hydrogen) atoms. The molecule has 2 aromatic heterocycles. The van der Waals surface area contributed by atoms with Crippen LogP contribution in [-0.2, 0) is 0 Å². The Bertz CT molecular complexity index is 524. The smallest absolute Gasteiger partial charge is 0.256 e. The molecule has 0 atom stereocenters. The fourth-order valence-electron chi connectivity index (χ4n) is 1.24. The van der Waals surface area contributed by atoms with Crippen molar-refractivity contribution < 1.29 is 4.79 Å². The van der Waals surface area contributed by atoms with Gasteiger partial charge < -0.3 is 5.32 Å². The van der Waals surface area contributed by atoms with Gasteiger partial charge in [0.2, 0.25) is 0 Å². The molecule has 82 valence electrons. The summed E-state index contributed by atoms with van der Waals surface area (Å²) in [4.78, 5) is 15.8. The lowest BCUT2D eigenvalue weighted by molar-refractivity contribution is 0.102. The highest BCUT2D eigenvalue weighted by atomic mass is 79.9. The number of carbonyl (C=O) groups is 1. The zero-order valence-corrected chi connectivity index (χ0v) is 10.9. The van der Waals surface area contributed by atoms with E-state index in [-0.39, 0.29) is 5.91 Å². The predicted octanol–water partition coefficient (Wildman–Crippen LogP) is 3.47. The van der Waals surface area contributed by atoms with Crippen molar-refractivity contribution in [2.75, 3.05) is 5.32 Å². The van der Waals surface area contributed by atoms with E-state index in [0.29, 0.717) is 5.56 Å². The van der Waals surface area contributed by atoms with Crippen LogP contribution in [-0.4, -0.2) is 10.9 Å². The monoisotopic (exact) mass is 296 g/mol. The molecule has 0 spiro atoms. The number of rotatable bonds is 2. The second-order valence-electron chi connectivity index (χ2n) is 3.28. The number of nitrogens with one attached hydrogen (secondary N) is 1. The molecule has 0 aromatic carbocycles. The topological polar surface area (TPSA) is 42.0 Å². The summed E-state index contributed by atoms with van der Waals surface area (Å²) in [5.74, 6) is -0.101. The summed E-state index contributed by atoms with van der Waals surface area (Å²) in [6.07, 6.45) is 3.38. The van der Waals surface area contributed by atoms with Gasteiger partial charge in [-0.2, -0.15) is 0 Å². The van der Waals surface area contributed by atoms with Gasteiger partial charge in [-0.15, -0.1) is 11.3 Å². The highest BCUT2D eigenvalue weighted by molar-refractivity contribution is 9.11. The molecule has 5 heteroatoms. The average molecular weight is 297 g/mol. The summed E-state index contributed by atoms with van der Waals surface area (Å²) in [5, 5.41) is 4.66. The summed E-state index contributed by atoms with van der Waals surface area (Å²) >= 11 is 4.82. The minimum Gasteiger partial charge on any atom is -0.322 e. The SMILES string of the molecule is Cc1cnccc1NC(=O)c1csc(Br)c1. The van der Waals surface area contributed by atoms with E-state index >= 15 is 0 Å². The minimum absolute atomic E-state index is 0.101. The minimum atomic E-state index is -0.101. The third kappa shape index (κ3) is 2.48. The first-order chi connectivity index (χ1) is 7.66. The van der Waals surface area contributed by atoms with E-state index in [1.54, 1.807) is 24.5 Å². The van der Waals surface area contributed by atoms with Crippen molar-refractivity contribution in [3.63, 3.8) is 0 Å². The first-order valence-corrected chi connectivity index (χ1v) is 6.30. The molecule has 0 aliphatic carbocycles. The van der Waals surface area contributed by atoms with E-state index in [1.807, 2.05) is 12.3 Å². The van der Waals surface area contributed by atoms with Gasteiger partial charge in [0.15, 0.2) is 0 Å². The van der Waals surface area contributed by atoms with Gasteiger partial charge in [0.05, 0.1) is 9.35 Å². The van der Waals surface area contributed by atoms with Crippen LogP contribution in [0.4, 0.5) is 5.69 Å². The summed E-state index contributed by atoms with van der Waals surface area (Å²) in [6.45, 7) is 1.91. The second-order valence-corrected chi connectivity index (χ2v) is 5.57. The molecule has 0 bridgehead atoms. The third-order valence-electron chi connectivity index (χ3n) is 2.10. The molecule has 0 saturated carbocycles. The first kappa shape index (κ1) is 11.3. The van der Waals surface area contributed by atoms with Gasteiger partial charge in [-0.05, 0) is 40.5 Å². The molecule has 0 radical (unpaired) electrons. The summed E-state index contributed by atoms with van der Waals surface area (Å²) in [6, 6.07) is 3.59. The number of hydrogen-bond acceptors (Lipinski definition) is 3. The number of aryl methyl sites for hydroxylation is 1. The fraction of sp³-hybridized carbons (Fsp3) is 0.0909. The van der Waals surface area contributed by atoms with Crippen molar-refractivity contribution in [3.05, 3.63) is 44.8 Å². The number of pyridine rings is 1. The Labute approximate surface area is 106 Å². The summed E-state index contributed by atoms with van der Waals surface area (Å²) in [5.41, 5.74) is 2.40. The molecule has 1 amide bonds. The van der Waals surface area contributed by atoms with E-state index < -0.39 is 0 Å². The lowest BCUT2D eigenvalue weighted by Gasteiger charge is -2.05. The molecule has 0 fully saturated rings. The van der Waals surface area contributed by atoms with Crippen molar-refractivity contribution in [2.45, 2.75) is 6.92 Å². The molecule has 2 heterocycles. The van der Waals surface area contributed by atoms with Crippen molar-refractivity contribution in [3.8, 4) is 0 Å². The lowest BCUT2D eigenvalue weighted by Crippen LogP contribution is -2.11. The number of hydrogen-bond donors (Lipinski definition) is 1. The highest BCUT2D eigenvalue weighted by Crippen LogP contribution is 2.22. The van der Waals surface area contributed by atoms with E-state index in [9.17, 15) is 4.79 Å². The van der Waals surface area contributed by atoms with Gasteiger partial charge in [0, 0.05) is 23.5 Å². The molecule has 0 unspecified atom stereocenters. The number of nitrogens with zero attached hydrogens (tertiary/aromatic N) is 1. The number of anilines is 1. The van der Waals surface area contributed by atoms with Crippen molar-refractivity contribution in [1.82, 2.24) is 4.98 Å². The first-order valence-electron chi connectivity index (χ1n) is 4.63. The van der Waals surface area contributed by atoms with E-state index in [1.165, 1.54) is 11.3 Å². The number of thiophene rings is 1. The highest BCUT2D eigenvalue weighted by Gasteiger charge is 2.09. The van der Waals surface area contributed by atoms with E-state index in [0.717, 1.165) is 15.0 Å². The van der Waals surface area contributed by atoms with Crippen molar-refractivity contribution >= 4 is 38.9 Å². The molecule has 3 nitrogen and oxygen atoms in total. The van der Waals surface area contributed by atoms with Crippen LogP contribution < -0.4 is 5.32 Å². The zero-order chi connectivity index (χ0) is 11.5. The Balaban J connectivity index is 2.17. The molecule has 0 aliphatic heterocycles. The van der Waals surface area contributed by atoms with Crippen LogP contribution in [0, 0.1) is 6.92 Å². The van der Waals surface area contributed by atoms with Gasteiger partial charge in [0.25, 0.3) is 5.91 Å². The Morgan fingerprint density at radius 2 is 2.38 bits per heavy atom. The average Bonchev–Trinajstić information content (AvgIpc) is 2.68. The molecule has 0 saturated heterocycles. The molecule has 2 aromatic rings. The van der Waals surface area contributed by atoms with Gasteiger partial charge >= 0.3 is 0 Å². The Morgan fingerprint density at radius 3 is 3.00 bits per heavy atom. The predicted molar refractivity (Wildman–Crippen MR) is 68.9 cm³/mol. The lowest BCUT2D eigenvalue weighted by atomic mass is 10.2. The van der Waals surface area contributed by atoms with Gasteiger partial charge in [0.1, 0.15) is 0 Å². The van der Waals surface area contributed by atoms with Crippen LogP contribution in [0.3, 0.4) is 0 Å². The summed E-state index contributed by atoms with van der Waals surface area (Å²) in [7, 11) is 0. The van der Waals surface area contributed by atoms with Crippen LogP contribution in [0.25, 0.3) is 0 Å². The standard InChI is InChI=1S/C11H9BrN2OS/c1-7-5-13-3-2-9(7)14-11(15)8-4-10(12)16-6-8/h2-6H,1H3,(H,13,14,15). The number of amides is 1. The molecular formula is C11H9BrN2OS. The Kier molecular flexibility index (Phi) is 3.36. The van der Waals surface area contributed by atoms with E-state index in [4.69, 9.17) is 0 Å². The maximum atomic E-state index is 11.8. The maximum absolute atomic E-state index is 11.8. The Morgan fingerprint density at radius 1 is 1.56 bits per heavy atom. The number of carbonyl (C=O) groups excluding carboxylic acids is 1. The molecule has 1 N–H and O–H groups in total. The second kappa shape index (κ2) is 4.76. The van der Waals surface area contributed by atoms with Crippen LogP contribution in [0.15, 0.2) is 33.7 Å². The quantitative estimate of drug-likeness (QED) is 0.922. The largest absolute Gasteiger partial charge is 0.322 e. The summed E-state index contributed by atoms with van der Waals surface area (Å²) < 4.78 is 0.948. The normalized spacial score (nSPS) is 10.1. The molecule has 0 aliphatic rings. The Hall–Kier alpha value is -1.20. The molecule has 2 rings (SSSR count). The van der Waals surface area contributed by atoms with Crippen LogP contribution >= 0.6 is 27.3 Å². The van der Waals surface area contributed by atoms with Gasteiger partial charge in [-0.1, -0.05) is 0 Å². The molecular weight excluding hydrogens is 288 g/mol. The van der Waals surface area contributed by atoms with Crippen molar-refractivity contribution in [2.24, 2.45) is 0 Å². The zero-order valence-electron chi connectivity index (χ0n) is 8.53. The fourth-order valence-corrected chi connectivity index (χ4v) is 2.37. The maximum Gasteiger partial charge on any atom is 0.256 e. The number of halogens is 1. The van der Waals surface area contributed by atoms with Gasteiger partial charge in [-0.3, -0.25) is 9.78 Å². The van der Waals surface area contributed by atoms with Crippen LogP contribution in [0.1, 0.15) is 15.9 Å². The van der Waals surface area contributed by atoms with Crippen molar-refractivity contribution in [1.29, 1.82) is 0 Å².